The lowest BCUT2D eigenvalue weighted by Gasteiger charge is -2.10. The van der Waals surface area contributed by atoms with Crippen LogP contribution in [0, 0.1) is 11.6 Å². The first-order valence-corrected chi connectivity index (χ1v) is 4.48. The maximum Gasteiger partial charge on any atom is 0.135 e. The molecule has 1 atom stereocenters. The van der Waals surface area contributed by atoms with Crippen LogP contribution in [0.4, 0.5) is 8.78 Å². The molecule has 0 aromatic heterocycles. The number of quaternary nitrogens is 1. The van der Waals surface area contributed by atoms with Crippen molar-refractivity contribution in [2.45, 2.75) is 18.9 Å². The van der Waals surface area contributed by atoms with Crippen LogP contribution in [0.25, 0.3) is 0 Å². The molecular weight excluding hydrogens is 204 g/mol. The summed E-state index contributed by atoms with van der Waals surface area (Å²) in [5.41, 5.74) is 3.84. The van der Waals surface area contributed by atoms with Gasteiger partial charge in [0.15, 0.2) is 0 Å². The second-order valence-electron chi connectivity index (χ2n) is 3.27. The molecule has 0 amide bonds. The molecule has 0 aliphatic rings. The van der Waals surface area contributed by atoms with Gasteiger partial charge in [-0.25, -0.2) is 8.78 Å². The number of halogens is 2. The Labute approximate surface area is 85.5 Å². The fraction of sp³-hybridized carbons (Fsp3) is 0.300. The van der Waals surface area contributed by atoms with Gasteiger partial charge in [-0.3, -0.25) is 0 Å². The number of rotatable bonds is 4. The third-order valence-electron chi connectivity index (χ3n) is 2.10. The number of carbonyl (C=O) groups is 1. The summed E-state index contributed by atoms with van der Waals surface area (Å²) in [6.07, 6.45) is -0.0180. The fourth-order valence-corrected chi connectivity index (χ4v) is 1.28. The van der Waals surface area contributed by atoms with Crippen molar-refractivity contribution in [3.8, 4) is 0 Å². The topological polar surface area (TPSA) is 67.8 Å². The molecule has 0 radical (unpaired) electrons. The normalized spacial score (nSPS) is 12.5. The van der Waals surface area contributed by atoms with Gasteiger partial charge in [0, 0.05) is 24.0 Å². The highest BCUT2D eigenvalue weighted by atomic mass is 19.1. The van der Waals surface area contributed by atoms with Crippen molar-refractivity contribution < 1.29 is 24.4 Å². The van der Waals surface area contributed by atoms with Gasteiger partial charge in [-0.15, -0.1) is 0 Å². The first-order valence-electron chi connectivity index (χ1n) is 4.48. The van der Waals surface area contributed by atoms with Gasteiger partial charge in [0.1, 0.15) is 17.7 Å². The second-order valence-corrected chi connectivity index (χ2v) is 3.27. The number of hydrogen-bond donors (Lipinski definition) is 1. The lowest BCUT2D eigenvalue weighted by Crippen LogP contribution is -2.54. The van der Waals surface area contributed by atoms with E-state index in [-0.39, 0.29) is 18.4 Å². The van der Waals surface area contributed by atoms with Crippen molar-refractivity contribution in [1.82, 2.24) is 0 Å². The summed E-state index contributed by atoms with van der Waals surface area (Å²) in [7, 11) is 0. The highest BCUT2D eigenvalue weighted by Crippen LogP contribution is 2.18. The first kappa shape index (κ1) is 11.6. The van der Waals surface area contributed by atoms with Crippen molar-refractivity contribution in [2.75, 3.05) is 0 Å². The summed E-state index contributed by atoms with van der Waals surface area (Å²) in [6, 6.07) is 2.64. The Bertz CT molecular complexity index is 368. The highest BCUT2D eigenvalue weighted by Gasteiger charge is 2.14. The highest BCUT2D eigenvalue weighted by molar-refractivity contribution is 5.64. The molecule has 1 rings (SSSR count). The molecule has 0 saturated heterocycles. The van der Waals surface area contributed by atoms with E-state index < -0.39 is 23.6 Å². The number of carboxylic acids is 1. The summed E-state index contributed by atoms with van der Waals surface area (Å²) in [4.78, 5) is 10.2. The molecule has 0 heterocycles. The summed E-state index contributed by atoms with van der Waals surface area (Å²) >= 11 is 0. The molecule has 0 aliphatic carbocycles. The van der Waals surface area contributed by atoms with E-state index in [4.69, 9.17) is 0 Å². The number of hydrogen-bond acceptors (Lipinski definition) is 2. The van der Waals surface area contributed by atoms with Gasteiger partial charge in [-0.2, -0.15) is 0 Å². The van der Waals surface area contributed by atoms with Gasteiger partial charge in [-0.05, 0) is 18.6 Å². The summed E-state index contributed by atoms with van der Waals surface area (Å²) < 4.78 is 25.7. The van der Waals surface area contributed by atoms with Crippen LogP contribution in [0.5, 0.6) is 0 Å². The van der Waals surface area contributed by atoms with Crippen molar-refractivity contribution in [3.05, 3.63) is 35.4 Å². The van der Waals surface area contributed by atoms with Gasteiger partial charge >= 0.3 is 0 Å². The monoisotopic (exact) mass is 215 g/mol. The van der Waals surface area contributed by atoms with Gasteiger partial charge in [-0.1, -0.05) is 0 Å². The number of benzene rings is 1. The molecule has 0 unspecified atom stereocenters. The lowest BCUT2D eigenvalue weighted by atomic mass is 10.0. The van der Waals surface area contributed by atoms with Crippen LogP contribution in [0.3, 0.4) is 0 Å². The minimum atomic E-state index is -1.20. The standard InChI is InChI=1S/C10H11F2NO2/c11-6-1-2-7(8(12)5-6)9(13)3-4-10(14)15/h1-2,5,9H,3-4,13H2,(H,14,15)/t9-/m1/s1. The molecule has 5 heteroatoms. The zero-order chi connectivity index (χ0) is 11.4. The molecule has 15 heavy (non-hydrogen) atoms. The van der Waals surface area contributed by atoms with E-state index >= 15 is 0 Å². The molecule has 1 aromatic rings. The minimum absolute atomic E-state index is 0.172. The molecule has 0 spiro atoms. The number of aliphatic carboxylic acids is 1. The average Bonchev–Trinajstić information content (AvgIpc) is 2.14. The third-order valence-corrected chi connectivity index (χ3v) is 2.10. The minimum Gasteiger partial charge on any atom is -0.550 e. The SMILES string of the molecule is [NH3+][C@H](CCC(=O)[O-])c1ccc(F)cc1F. The Morgan fingerprint density at radius 2 is 2.13 bits per heavy atom. The zero-order valence-electron chi connectivity index (χ0n) is 8.00. The van der Waals surface area contributed by atoms with Crippen molar-refractivity contribution >= 4 is 5.97 Å². The smallest absolute Gasteiger partial charge is 0.135 e. The van der Waals surface area contributed by atoms with E-state index in [0.29, 0.717) is 0 Å². The van der Waals surface area contributed by atoms with Crippen LogP contribution < -0.4 is 10.8 Å². The van der Waals surface area contributed by atoms with Crippen LogP contribution in [-0.2, 0) is 4.79 Å². The lowest BCUT2D eigenvalue weighted by molar-refractivity contribution is -0.429. The van der Waals surface area contributed by atoms with Crippen LogP contribution in [0.2, 0.25) is 0 Å². The Balaban J connectivity index is 2.73. The molecule has 0 aliphatic heterocycles. The first-order chi connectivity index (χ1) is 7.00. The van der Waals surface area contributed by atoms with Crippen molar-refractivity contribution in [2.24, 2.45) is 0 Å². The van der Waals surface area contributed by atoms with Gasteiger partial charge < -0.3 is 15.6 Å². The summed E-state index contributed by atoms with van der Waals surface area (Å²) in [6.45, 7) is 0. The second kappa shape index (κ2) is 4.84. The fourth-order valence-electron chi connectivity index (χ4n) is 1.28. The average molecular weight is 215 g/mol. The third kappa shape index (κ3) is 3.28. The predicted molar refractivity (Wildman–Crippen MR) is 46.2 cm³/mol. The van der Waals surface area contributed by atoms with Crippen LogP contribution in [0.1, 0.15) is 24.4 Å². The Morgan fingerprint density at radius 3 is 2.67 bits per heavy atom. The molecule has 3 nitrogen and oxygen atoms in total. The van der Waals surface area contributed by atoms with Crippen LogP contribution >= 0.6 is 0 Å². The Hall–Kier alpha value is -1.49. The number of carbonyl (C=O) groups excluding carboxylic acids is 1. The summed E-state index contributed by atoms with van der Waals surface area (Å²) in [5.74, 6) is -2.57. The van der Waals surface area contributed by atoms with Gasteiger partial charge in [0.25, 0.3) is 0 Å². The molecule has 0 fully saturated rings. The molecule has 82 valence electrons. The van der Waals surface area contributed by atoms with Crippen LogP contribution in [0.15, 0.2) is 18.2 Å². The molecule has 0 saturated carbocycles. The Morgan fingerprint density at radius 1 is 1.47 bits per heavy atom. The van der Waals surface area contributed by atoms with E-state index in [9.17, 15) is 18.7 Å². The maximum atomic E-state index is 13.2. The van der Waals surface area contributed by atoms with E-state index in [0.717, 1.165) is 12.1 Å². The van der Waals surface area contributed by atoms with Crippen molar-refractivity contribution in [3.63, 3.8) is 0 Å². The Kier molecular flexibility index (Phi) is 3.74. The molecular formula is C10H11F2NO2. The maximum absolute atomic E-state index is 13.2. The van der Waals surface area contributed by atoms with Crippen molar-refractivity contribution in [1.29, 1.82) is 0 Å². The van der Waals surface area contributed by atoms with E-state index in [1.165, 1.54) is 6.07 Å². The molecule has 1 aromatic carbocycles. The quantitative estimate of drug-likeness (QED) is 0.754. The van der Waals surface area contributed by atoms with Gasteiger partial charge in [0.05, 0.1) is 0 Å². The van der Waals surface area contributed by atoms with Crippen LogP contribution in [-0.4, -0.2) is 5.97 Å². The summed E-state index contributed by atoms with van der Waals surface area (Å²) in [5, 5.41) is 10.2. The largest absolute Gasteiger partial charge is 0.550 e. The predicted octanol–water partition coefficient (Wildman–Crippen LogP) is -0.222. The van der Waals surface area contributed by atoms with E-state index in [1.54, 1.807) is 0 Å². The molecule has 3 N–H and O–H groups in total. The van der Waals surface area contributed by atoms with E-state index in [2.05, 4.69) is 5.73 Å². The van der Waals surface area contributed by atoms with Gasteiger partial charge in [0.2, 0.25) is 0 Å². The molecule has 0 bridgehead atoms. The number of carboxylic acid groups (broad SMARTS) is 1. The zero-order valence-corrected chi connectivity index (χ0v) is 8.00. The van der Waals surface area contributed by atoms with E-state index in [1.807, 2.05) is 0 Å².